The van der Waals surface area contributed by atoms with E-state index in [4.69, 9.17) is 10.5 Å². The Morgan fingerprint density at radius 3 is 2.73 bits per heavy atom. The molecule has 1 saturated carbocycles. The van der Waals surface area contributed by atoms with Gasteiger partial charge in [0.1, 0.15) is 5.69 Å². The van der Waals surface area contributed by atoms with Gasteiger partial charge in [-0.1, -0.05) is 0 Å². The molecular formula is C13H21N5O4. The van der Waals surface area contributed by atoms with Crippen LogP contribution in [0.1, 0.15) is 31.4 Å². The minimum absolute atomic E-state index is 0.0159. The molecular weight excluding hydrogens is 290 g/mol. The van der Waals surface area contributed by atoms with E-state index in [1.54, 1.807) is 0 Å². The number of nitrogens with one attached hydrogen (secondary N) is 2. The van der Waals surface area contributed by atoms with Crippen LogP contribution in [0.5, 0.6) is 0 Å². The van der Waals surface area contributed by atoms with E-state index in [-0.39, 0.29) is 35.9 Å². The number of H-pyrrole nitrogens is 1. The van der Waals surface area contributed by atoms with Gasteiger partial charge in [-0.2, -0.15) is 0 Å². The van der Waals surface area contributed by atoms with Crippen molar-refractivity contribution in [2.45, 2.75) is 38.5 Å². The van der Waals surface area contributed by atoms with E-state index in [1.165, 1.54) is 7.11 Å². The predicted octanol–water partition coefficient (Wildman–Crippen LogP) is -0.865. The highest BCUT2D eigenvalue weighted by Gasteiger charge is 2.29. The Balaban J connectivity index is 1.82. The van der Waals surface area contributed by atoms with Gasteiger partial charge in [0, 0.05) is 18.9 Å². The molecule has 1 aliphatic rings. The monoisotopic (exact) mass is 311 g/mol. The van der Waals surface area contributed by atoms with Crippen molar-refractivity contribution in [3.8, 4) is 0 Å². The molecule has 2 rings (SSSR count). The quantitative estimate of drug-likeness (QED) is 0.518. The number of ether oxygens (including phenoxy) is 1. The van der Waals surface area contributed by atoms with Crippen molar-refractivity contribution < 1.29 is 14.6 Å². The summed E-state index contributed by atoms with van der Waals surface area (Å²) in [6.07, 6.45) is 2.05. The van der Waals surface area contributed by atoms with Gasteiger partial charge in [-0.25, -0.2) is 0 Å². The van der Waals surface area contributed by atoms with Gasteiger partial charge < -0.3 is 20.9 Å². The Labute approximate surface area is 127 Å². The molecule has 1 fully saturated rings. The van der Waals surface area contributed by atoms with Crippen LogP contribution in [0.25, 0.3) is 0 Å². The topological polar surface area (TPSA) is 143 Å². The third kappa shape index (κ3) is 4.01. The molecule has 9 nitrogen and oxygen atoms in total. The van der Waals surface area contributed by atoms with Crippen LogP contribution in [0, 0.1) is 11.8 Å². The maximum Gasteiger partial charge on any atom is 0.276 e. The number of nitrogen functional groups attached to an aromatic ring is 1. The molecule has 1 aromatic rings. The highest BCUT2D eigenvalue weighted by Crippen LogP contribution is 2.31. The summed E-state index contributed by atoms with van der Waals surface area (Å²) < 4.78 is 4.90. The number of amides is 1. The minimum atomic E-state index is -0.771. The molecule has 0 aromatic carbocycles. The first kappa shape index (κ1) is 16.4. The lowest BCUT2D eigenvalue weighted by Crippen LogP contribution is -2.36. The van der Waals surface area contributed by atoms with Gasteiger partial charge in [0.2, 0.25) is 11.9 Å². The average Bonchev–Trinajstić information content (AvgIpc) is 2.53. The standard InChI is InChI=1S/C13H21N5O4/c1-22-12(21)8-4-2-7(3-5-8)10(19)15-6-9-11(20)16-13(14)18-17-9/h7-8,12,21H,2-6H2,1H3,(H,15,19)(H3,14,16,18,20). The Kier molecular flexibility index (Phi) is 5.45. The number of aromatic nitrogens is 3. The number of aromatic amines is 1. The Morgan fingerprint density at radius 1 is 1.45 bits per heavy atom. The van der Waals surface area contributed by atoms with Crippen LogP contribution in [0.3, 0.4) is 0 Å². The maximum absolute atomic E-state index is 12.1. The second-order valence-electron chi connectivity index (χ2n) is 5.44. The Morgan fingerprint density at radius 2 is 2.14 bits per heavy atom. The number of aliphatic hydroxyl groups is 1. The summed E-state index contributed by atoms with van der Waals surface area (Å²) in [4.78, 5) is 26.0. The molecule has 9 heteroatoms. The van der Waals surface area contributed by atoms with Gasteiger partial charge in [-0.3, -0.25) is 14.6 Å². The van der Waals surface area contributed by atoms with Crippen LogP contribution >= 0.6 is 0 Å². The second-order valence-corrected chi connectivity index (χ2v) is 5.44. The van der Waals surface area contributed by atoms with Crippen LogP contribution < -0.4 is 16.6 Å². The molecule has 0 bridgehead atoms. The fourth-order valence-corrected chi connectivity index (χ4v) is 2.66. The zero-order valence-electron chi connectivity index (χ0n) is 12.4. The Bertz CT molecular complexity index is 568. The van der Waals surface area contributed by atoms with Gasteiger partial charge in [0.25, 0.3) is 5.56 Å². The molecule has 0 spiro atoms. The molecule has 1 aromatic heterocycles. The summed E-state index contributed by atoms with van der Waals surface area (Å²) in [5.41, 5.74) is 4.96. The summed E-state index contributed by atoms with van der Waals surface area (Å²) in [6, 6.07) is 0. The SMILES string of the molecule is COC(O)C1CCC(C(=O)NCc2nnc(N)[nH]c2=O)CC1. The first-order valence-electron chi connectivity index (χ1n) is 7.21. The summed E-state index contributed by atoms with van der Waals surface area (Å²) in [7, 11) is 1.47. The van der Waals surface area contributed by atoms with Gasteiger partial charge in [-0.05, 0) is 25.7 Å². The number of methoxy groups -OCH3 is 1. The van der Waals surface area contributed by atoms with Crippen molar-refractivity contribution in [1.29, 1.82) is 0 Å². The van der Waals surface area contributed by atoms with E-state index in [0.29, 0.717) is 12.8 Å². The zero-order chi connectivity index (χ0) is 16.1. The van der Waals surface area contributed by atoms with Crippen molar-refractivity contribution in [3.63, 3.8) is 0 Å². The number of rotatable bonds is 5. The largest absolute Gasteiger partial charge is 0.368 e. The third-order valence-electron chi connectivity index (χ3n) is 4.00. The number of hydrogen-bond donors (Lipinski definition) is 4. The van der Waals surface area contributed by atoms with Crippen LogP contribution in [-0.2, 0) is 16.1 Å². The van der Waals surface area contributed by atoms with Crippen molar-refractivity contribution in [2.24, 2.45) is 11.8 Å². The van der Waals surface area contributed by atoms with Crippen molar-refractivity contribution in [1.82, 2.24) is 20.5 Å². The maximum atomic E-state index is 12.1. The number of aliphatic hydroxyl groups excluding tert-OH is 1. The fraction of sp³-hybridized carbons (Fsp3) is 0.692. The molecule has 1 heterocycles. The van der Waals surface area contributed by atoms with Crippen LogP contribution in [0.15, 0.2) is 4.79 Å². The summed E-state index contributed by atoms with van der Waals surface area (Å²) >= 11 is 0. The fourth-order valence-electron chi connectivity index (χ4n) is 2.66. The molecule has 0 saturated heterocycles. The minimum Gasteiger partial charge on any atom is -0.368 e. The lowest BCUT2D eigenvalue weighted by Gasteiger charge is -2.29. The van der Waals surface area contributed by atoms with E-state index in [9.17, 15) is 14.7 Å². The Hall–Kier alpha value is -2.00. The normalized spacial score (nSPS) is 23.0. The molecule has 122 valence electrons. The number of carbonyl (C=O) groups is 1. The van der Waals surface area contributed by atoms with Crippen molar-refractivity contribution in [2.75, 3.05) is 12.8 Å². The molecule has 1 atom stereocenters. The molecule has 0 aliphatic heterocycles. The van der Waals surface area contributed by atoms with Gasteiger partial charge >= 0.3 is 0 Å². The first-order chi connectivity index (χ1) is 10.5. The van der Waals surface area contributed by atoms with E-state index in [2.05, 4.69) is 20.5 Å². The molecule has 1 amide bonds. The van der Waals surface area contributed by atoms with E-state index in [1.807, 2.05) is 0 Å². The summed E-state index contributed by atoms with van der Waals surface area (Å²) in [5, 5.41) is 19.5. The predicted molar refractivity (Wildman–Crippen MR) is 77.4 cm³/mol. The molecule has 0 radical (unpaired) electrons. The van der Waals surface area contributed by atoms with Gasteiger partial charge in [-0.15, -0.1) is 10.2 Å². The number of carbonyl (C=O) groups excluding carboxylic acids is 1. The van der Waals surface area contributed by atoms with Crippen LogP contribution in [0.2, 0.25) is 0 Å². The number of anilines is 1. The summed E-state index contributed by atoms with van der Waals surface area (Å²) in [6.45, 7) is 0.0159. The average molecular weight is 311 g/mol. The molecule has 1 unspecified atom stereocenters. The molecule has 5 N–H and O–H groups in total. The summed E-state index contributed by atoms with van der Waals surface area (Å²) in [5.74, 6) is -0.237. The van der Waals surface area contributed by atoms with E-state index >= 15 is 0 Å². The number of hydrogen-bond acceptors (Lipinski definition) is 7. The molecule has 22 heavy (non-hydrogen) atoms. The number of nitrogens with zero attached hydrogens (tertiary/aromatic N) is 2. The van der Waals surface area contributed by atoms with Crippen molar-refractivity contribution in [3.05, 3.63) is 16.0 Å². The zero-order valence-corrected chi connectivity index (χ0v) is 12.4. The second kappa shape index (κ2) is 7.32. The van der Waals surface area contributed by atoms with Gasteiger partial charge in [0.05, 0.1) is 6.54 Å². The smallest absolute Gasteiger partial charge is 0.276 e. The van der Waals surface area contributed by atoms with Crippen LogP contribution in [-0.4, -0.2) is 39.6 Å². The lowest BCUT2D eigenvalue weighted by molar-refractivity contribution is -0.134. The van der Waals surface area contributed by atoms with E-state index in [0.717, 1.165) is 12.8 Å². The van der Waals surface area contributed by atoms with Crippen molar-refractivity contribution >= 4 is 11.9 Å². The van der Waals surface area contributed by atoms with Gasteiger partial charge in [0.15, 0.2) is 6.29 Å². The molecule has 1 aliphatic carbocycles. The highest BCUT2D eigenvalue weighted by molar-refractivity contribution is 5.78. The highest BCUT2D eigenvalue weighted by atomic mass is 16.6. The third-order valence-corrected chi connectivity index (χ3v) is 4.00. The van der Waals surface area contributed by atoms with E-state index < -0.39 is 11.8 Å². The number of nitrogens with two attached hydrogens (primary N) is 1. The van der Waals surface area contributed by atoms with Crippen LogP contribution in [0.4, 0.5) is 5.95 Å². The lowest BCUT2D eigenvalue weighted by atomic mass is 9.81. The first-order valence-corrected chi connectivity index (χ1v) is 7.21.